The lowest BCUT2D eigenvalue weighted by atomic mass is 9.85. The fraction of sp³-hybridized carbons (Fsp3) is 0.231. The van der Waals surface area contributed by atoms with E-state index in [-0.39, 0.29) is 17.2 Å². The van der Waals surface area contributed by atoms with E-state index >= 15 is 0 Å². The first-order valence-electron chi connectivity index (χ1n) is 10.3. The normalized spacial score (nSPS) is 17.0. The minimum Gasteiger partial charge on any atom is -0.497 e. The zero-order chi connectivity index (χ0) is 21.8. The molecular formula is C26H26N2O3. The lowest BCUT2D eigenvalue weighted by Gasteiger charge is -2.18. The molecule has 0 bridgehead atoms. The molecule has 0 aromatic heterocycles. The molecule has 0 aliphatic heterocycles. The Labute approximate surface area is 182 Å². The molecule has 1 fully saturated rings. The number of carbonyl (C=O) groups is 1. The van der Waals surface area contributed by atoms with E-state index in [4.69, 9.17) is 9.47 Å². The Balaban J connectivity index is 1.57. The summed E-state index contributed by atoms with van der Waals surface area (Å²) in [6.07, 6.45) is 0.757. The molecule has 5 heteroatoms. The van der Waals surface area contributed by atoms with Crippen molar-refractivity contribution in [2.24, 2.45) is 11.0 Å². The van der Waals surface area contributed by atoms with Gasteiger partial charge in [0.25, 0.3) is 0 Å². The maximum Gasteiger partial charge on any atom is 0.244 e. The van der Waals surface area contributed by atoms with Gasteiger partial charge in [0.05, 0.1) is 25.8 Å². The molecule has 3 aromatic rings. The van der Waals surface area contributed by atoms with Crippen LogP contribution in [-0.4, -0.2) is 25.8 Å². The van der Waals surface area contributed by atoms with Crippen molar-refractivity contribution in [2.45, 2.75) is 18.8 Å². The van der Waals surface area contributed by atoms with Crippen molar-refractivity contribution >= 4 is 11.6 Å². The highest BCUT2D eigenvalue weighted by atomic mass is 16.5. The van der Waals surface area contributed by atoms with Gasteiger partial charge in [0.15, 0.2) is 0 Å². The van der Waals surface area contributed by atoms with Crippen molar-refractivity contribution in [3.63, 3.8) is 0 Å². The second kappa shape index (κ2) is 8.64. The number of rotatable bonds is 7. The first-order chi connectivity index (χ1) is 15.1. The number of amides is 1. The van der Waals surface area contributed by atoms with E-state index in [0.29, 0.717) is 17.2 Å². The summed E-state index contributed by atoms with van der Waals surface area (Å²) in [6.45, 7) is 1.85. The van der Waals surface area contributed by atoms with E-state index in [1.165, 1.54) is 0 Å². The molecule has 1 aliphatic rings. The highest BCUT2D eigenvalue weighted by Crippen LogP contribution is 2.58. The van der Waals surface area contributed by atoms with Crippen LogP contribution in [0.25, 0.3) is 0 Å². The summed E-state index contributed by atoms with van der Waals surface area (Å²) in [6, 6.07) is 26.0. The Morgan fingerprint density at radius 3 is 2.10 bits per heavy atom. The number of ether oxygens (including phenoxy) is 2. The average Bonchev–Trinajstić information content (AvgIpc) is 3.60. The number of benzene rings is 3. The summed E-state index contributed by atoms with van der Waals surface area (Å²) >= 11 is 0. The molecular weight excluding hydrogens is 388 g/mol. The number of carbonyl (C=O) groups excluding carboxylic acids is 1. The van der Waals surface area contributed by atoms with Crippen molar-refractivity contribution in [3.05, 3.63) is 95.6 Å². The van der Waals surface area contributed by atoms with E-state index in [1.54, 1.807) is 20.3 Å². The van der Waals surface area contributed by atoms with Crippen LogP contribution in [-0.2, 0) is 10.2 Å². The van der Waals surface area contributed by atoms with Gasteiger partial charge in [-0.2, -0.15) is 5.10 Å². The highest BCUT2D eigenvalue weighted by Gasteiger charge is 2.60. The summed E-state index contributed by atoms with van der Waals surface area (Å²) in [4.78, 5) is 13.1. The van der Waals surface area contributed by atoms with Crippen LogP contribution in [0.15, 0.2) is 84.0 Å². The second-order valence-electron chi connectivity index (χ2n) is 7.70. The van der Waals surface area contributed by atoms with Gasteiger partial charge in [-0.05, 0) is 36.6 Å². The smallest absolute Gasteiger partial charge is 0.244 e. The van der Waals surface area contributed by atoms with Crippen LogP contribution in [0.3, 0.4) is 0 Å². The molecule has 1 atom stereocenters. The summed E-state index contributed by atoms with van der Waals surface area (Å²) in [7, 11) is 3.21. The molecule has 0 unspecified atom stereocenters. The average molecular weight is 415 g/mol. The zero-order valence-electron chi connectivity index (χ0n) is 18.0. The lowest BCUT2D eigenvalue weighted by molar-refractivity contribution is -0.122. The molecule has 0 spiro atoms. The number of nitrogens with one attached hydrogen (secondary N) is 1. The summed E-state index contributed by atoms with van der Waals surface area (Å²) < 4.78 is 10.7. The fourth-order valence-electron chi connectivity index (χ4n) is 4.23. The van der Waals surface area contributed by atoms with E-state index < -0.39 is 0 Å². The maximum absolute atomic E-state index is 13.1. The van der Waals surface area contributed by atoms with Gasteiger partial charge in [-0.3, -0.25) is 4.79 Å². The predicted octanol–water partition coefficient (Wildman–Crippen LogP) is 4.55. The van der Waals surface area contributed by atoms with Gasteiger partial charge in [-0.1, -0.05) is 60.7 Å². The lowest BCUT2D eigenvalue weighted by Crippen LogP contribution is -2.26. The van der Waals surface area contributed by atoms with Gasteiger partial charge in [0.1, 0.15) is 11.5 Å². The topological polar surface area (TPSA) is 59.9 Å². The van der Waals surface area contributed by atoms with Gasteiger partial charge in [0.2, 0.25) is 5.91 Å². The Bertz CT molecular complexity index is 1050. The third kappa shape index (κ3) is 3.91. The minimum atomic E-state index is -0.312. The quantitative estimate of drug-likeness (QED) is 0.456. The number of hydrogen-bond acceptors (Lipinski definition) is 4. The standard InChI is InChI=1S/C26H26N2O3/c1-18(22-15-14-21(30-2)16-24(22)31-3)27-28-25(29)23-17-26(23,19-10-6-4-7-11-19)20-12-8-5-9-13-20/h4-16,23H,17H2,1-3H3,(H,28,29)/b27-18+/t23-/m1/s1. The molecule has 0 saturated heterocycles. The van der Waals surface area contributed by atoms with E-state index in [1.807, 2.05) is 55.5 Å². The van der Waals surface area contributed by atoms with Crippen molar-refractivity contribution in [1.82, 2.24) is 5.43 Å². The van der Waals surface area contributed by atoms with Crippen LogP contribution in [0.4, 0.5) is 0 Å². The highest BCUT2D eigenvalue weighted by molar-refractivity contribution is 6.02. The summed E-state index contributed by atoms with van der Waals surface area (Å²) in [5.41, 5.74) is 6.24. The molecule has 0 heterocycles. The molecule has 1 saturated carbocycles. The fourth-order valence-corrected chi connectivity index (χ4v) is 4.23. The van der Waals surface area contributed by atoms with Crippen LogP contribution < -0.4 is 14.9 Å². The third-order valence-electron chi connectivity index (χ3n) is 5.99. The Kier molecular flexibility index (Phi) is 5.76. The van der Waals surface area contributed by atoms with Crippen LogP contribution in [0, 0.1) is 5.92 Å². The molecule has 3 aromatic carbocycles. The largest absolute Gasteiger partial charge is 0.497 e. The molecule has 0 radical (unpaired) electrons. The molecule has 4 rings (SSSR count). The van der Waals surface area contributed by atoms with Crippen molar-refractivity contribution in [1.29, 1.82) is 0 Å². The van der Waals surface area contributed by atoms with Crippen molar-refractivity contribution in [2.75, 3.05) is 14.2 Å². The first-order valence-corrected chi connectivity index (χ1v) is 10.3. The van der Waals surface area contributed by atoms with Gasteiger partial charge in [-0.25, -0.2) is 5.43 Å². The Hall–Kier alpha value is -3.60. The van der Waals surface area contributed by atoms with Gasteiger partial charge >= 0.3 is 0 Å². The summed E-state index contributed by atoms with van der Waals surface area (Å²) in [5, 5.41) is 4.37. The van der Waals surface area contributed by atoms with Crippen LogP contribution in [0.1, 0.15) is 30.0 Å². The Morgan fingerprint density at radius 1 is 0.935 bits per heavy atom. The molecule has 1 aliphatic carbocycles. The third-order valence-corrected chi connectivity index (χ3v) is 5.99. The number of methoxy groups -OCH3 is 2. The van der Waals surface area contributed by atoms with Crippen LogP contribution >= 0.6 is 0 Å². The molecule has 1 N–H and O–H groups in total. The zero-order valence-corrected chi connectivity index (χ0v) is 18.0. The molecule has 31 heavy (non-hydrogen) atoms. The second-order valence-corrected chi connectivity index (χ2v) is 7.70. The van der Waals surface area contributed by atoms with Gasteiger partial charge < -0.3 is 9.47 Å². The van der Waals surface area contributed by atoms with E-state index in [2.05, 4.69) is 34.8 Å². The van der Waals surface area contributed by atoms with E-state index in [9.17, 15) is 4.79 Å². The molecule has 158 valence electrons. The molecule has 1 amide bonds. The summed E-state index contributed by atoms with van der Waals surface area (Å²) in [5.74, 6) is 1.08. The van der Waals surface area contributed by atoms with Crippen molar-refractivity contribution < 1.29 is 14.3 Å². The predicted molar refractivity (Wildman–Crippen MR) is 122 cm³/mol. The number of hydrogen-bond donors (Lipinski definition) is 1. The molecule has 5 nitrogen and oxygen atoms in total. The maximum atomic E-state index is 13.1. The minimum absolute atomic E-state index is 0.0838. The van der Waals surface area contributed by atoms with Gasteiger partial charge in [0, 0.05) is 17.0 Å². The van der Waals surface area contributed by atoms with Crippen molar-refractivity contribution in [3.8, 4) is 11.5 Å². The van der Waals surface area contributed by atoms with Gasteiger partial charge in [-0.15, -0.1) is 0 Å². The number of hydrazone groups is 1. The van der Waals surface area contributed by atoms with Crippen LogP contribution in [0.2, 0.25) is 0 Å². The van der Waals surface area contributed by atoms with Crippen LogP contribution in [0.5, 0.6) is 11.5 Å². The monoisotopic (exact) mass is 414 g/mol. The number of nitrogens with zero attached hydrogens (tertiary/aromatic N) is 1. The Morgan fingerprint density at radius 2 is 1.55 bits per heavy atom. The van der Waals surface area contributed by atoms with E-state index in [0.717, 1.165) is 23.1 Å². The SMILES string of the molecule is COc1ccc(/C(C)=N/NC(=O)[C@H]2CC2(c2ccccc2)c2ccccc2)c(OC)c1. The first kappa shape index (κ1) is 20.7.